The normalized spacial score (nSPS) is 21.6. The molecule has 0 rings (SSSR count). The van der Waals surface area contributed by atoms with Crippen LogP contribution in [-0.4, -0.2) is 54.0 Å². The van der Waals surface area contributed by atoms with Crippen LogP contribution in [0.2, 0.25) is 0 Å². The van der Waals surface area contributed by atoms with Gasteiger partial charge in [0.2, 0.25) is 0 Å². The Kier molecular flexibility index (Phi) is 6.73. The smallest absolute Gasteiger partial charge is 0.186 e. The highest BCUT2D eigenvalue weighted by Gasteiger charge is 2.42. The van der Waals surface area contributed by atoms with Crippen molar-refractivity contribution in [2.75, 3.05) is 6.67 Å². The fourth-order valence-electron chi connectivity index (χ4n) is 0.979. The van der Waals surface area contributed by atoms with E-state index in [-0.39, 0.29) is 0 Å². The summed E-state index contributed by atoms with van der Waals surface area (Å²) in [6.45, 7) is -1.27. The quantitative estimate of drug-likeness (QED) is 0.532. The zero-order valence-corrected chi connectivity index (χ0v) is 8.04. The summed E-state index contributed by atoms with van der Waals surface area (Å²) in [6.07, 6.45) is -19.0. The zero-order chi connectivity index (χ0) is 12.9. The van der Waals surface area contributed by atoms with Crippen molar-refractivity contribution < 1.29 is 36.6 Å². The van der Waals surface area contributed by atoms with E-state index in [1.807, 2.05) is 0 Å². The van der Waals surface area contributed by atoms with Crippen LogP contribution in [0.5, 0.6) is 0 Å². The highest BCUT2D eigenvalue weighted by atomic mass is 19.2. The van der Waals surface area contributed by atoms with Gasteiger partial charge in [-0.25, -0.2) is 22.0 Å². The van der Waals surface area contributed by atoms with Crippen LogP contribution in [-0.2, 0) is 0 Å². The molecular formula is C8H12F6O2. The minimum absolute atomic E-state index is 0.979. The Hall–Kier alpha value is -0.500. The lowest BCUT2D eigenvalue weighted by atomic mass is 10.0. The molecule has 0 aliphatic heterocycles. The van der Waals surface area contributed by atoms with E-state index in [1.165, 1.54) is 0 Å². The molecule has 0 saturated heterocycles. The molecule has 0 heterocycles. The molecule has 0 saturated carbocycles. The summed E-state index contributed by atoms with van der Waals surface area (Å²) in [5.41, 5.74) is 0. The van der Waals surface area contributed by atoms with E-state index < -0.39 is 50.2 Å². The molecule has 16 heavy (non-hydrogen) atoms. The predicted molar refractivity (Wildman–Crippen MR) is 43.3 cm³/mol. The van der Waals surface area contributed by atoms with Crippen LogP contribution < -0.4 is 0 Å². The molecule has 5 atom stereocenters. The third-order valence-corrected chi connectivity index (χ3v) is 1.93. The van der Waals surface area contributed by atoms with Gasteiger partial charge in [-0.05, 0) is 0 Å². The van der Waals surface area contributed by atoms with Crippen molar-refractivity contribution in [3.8, 4) is 0 Å². The minimum Gasteiger partial charge on any atom is -0.366 e. The molecule has 0 aliphatic rings. The third kappa shape index (κ3) is 4.17. The molecule has 0 radical (unpaired) electrons. The lowest BCUT2D eigenvalue weighted by molar-refractivity contribution is -0.131. The van der Waals surface area contributed by atoms with Gasteiger partial charge in [0.15, 0.2) is 31.0 Å². The molecule has 2 N–H and O–H groups in total. The molecular weight excluding hydrogens is 242 g/mol. The average molecular weight is 254 g/mol. The van der Waals surface area contributed by atoms with Crippen molar-refractivity contribution in [1.29, 1.82) is 0 Å². The standard InChI is InChI=1S/C8H12F6O2/c9-2-1-3(10)4(11)5(12)6(13)7(14)8(15)16/h3-8,15-16H,1-2H2. The van der Waals surface area contributed by atoms with Crippen LogP contribution in [0.1, 0.15) is 6.42 Å². The van der Waals surface area contributed by atoms with E-state index in [2.05, 4.69) is 0 Å². The van der Waals surface area contributed by atoms with Gasteiger partial charge in [0, 0.05) is 6.42 Å². The lowest BCUT2D eigenvalue weighted by Gasteiger charge is -2.22. The number of hydrogen-bond donors (Lipinski definition) is 2. The van der Waals surface area contributed by atoms with Crippen LogP contribution >= 0.6 is 0 Å². The number of hydrogen-bond acceptors (Lipinski definition) is 2. The van der Waals surface area contributed by atoms with Gasteiger partial charge in [-0.15, -0.1) is 0 Å². The molecule has 0 spiro atoms. The largest absolute Gasteiger partial charge is 0.366 e. The topological polar surface area (TPSA) is 40.5 Å². The average Bonchev–Trinajstić information content (AvgIpc) is 2.25. The first-order valence-corrected chi connectivity index (χ1v) is 4.45. The Bertz CT molecular complexity index is 193. The maximum absolute atomic E-state index is 12.8. The number of rotatable bonds is 7. The number of aliphatic hydroxyl groups excluding tert-OH is 1. The summed E-state index contributed by atoms with van der Waals surface area (Å²) in [5.74, 6) is 0. The molecule has 98 valence electrons. The SMILES string of the molecule is OC(O)C(F)C(F)C(F)C(F)C(F)CCF. The van der Waals surface area contributed by atoms with Gasteiger partial charge in [-0.3, -0.25) is 4.39 Å². The lowest BCUT2D eigenvalue weighted by Crippen LogP contribution is -2.43. The summed E-state index contributed by atoms with van der Waals surface area (Å²) in [5, 5.41) is 16.3. The Labute approximate surface area is 87.9 Å². The Morgan fingerprint density at radius 3 is 1.56 bits per heavy atom. The van der Waals surface area contributed by atoms with Crippen molar-refractivity contribution in [2.45, 2.75) is 43.6 Å². The molecule has 8 heteroatoms. The second-order valence-corrected chi connectivity index (χ2v) is 3.18. The highest BCUT2D eigenvalue weighted by Crippen LogP contribution is 2.23. The molecule has 0 bridgehead atoms. The summed E-state index contributed by atoms with van der Waals surface area (Å²) >= 11 is 0. The number of aliphatic hydroxyl groups is 2. The zero-order valence-electron chi connectivity index (χ0n) is 8.04. The molecule has 5 unspecified atom stereocenters. The Morgan fingerprint density at radius 2 is 1.19 bits per heavy atom. The first kappa shape index (κ1) is 15.5. The number of halogens is 6. The number of alkyl halides is 6. The molecule has 0 fully saturated rings. The second kappa shape index (κ2) is 6.95. The maximum Gasteiger partial charge on any atom is 0.186 e. The van der Waals surface area contributed by atoms with E-state index in [1.54, 1.807) is 0 Å². The molecule has 0 aromatic heterocycles. The van der Waals surface area contributed by atoms with Crippen LogP contribution in [0, 0.1) is 0 Å². The fourth-order valence-corrected chi connectivity index (χ4v) is 0.979. The highest BCUT2D eigenvalue weighted by molar-refractivity contribution is 4.86. The van der Waals surface area contributed by atoms with E-state index in [4.69, 9.17) is 10.2 Å². The molecule has 0 aliphatic carbocycles. The Balaban J connectivity index is 4.36. The van der Waals surface area contributed by atoms with Crippen molar-refractivity contribution >= 4 is 0 Å². The maximum atomic E-state index is 12.8. The second-order valence-electron chi connectivity index (χ2n) is 3.18. The van der Waals surface area contributed by atoms with E-state index in [0.29, 0.717) is 0 Å². The van der Waals surface area contributed by atoms with Gasteiger partial charge >= 0.3 is 0 Å². The van der Waals surface area contributed by atoms with Crippen LogP contribution in [0.25, 0.3) is 0 Å². The van der Waals surface area contributed by atoms with Crippen LogP contribution in [0.3, 0.4) is 0 Å². The van der Waals surface area contributed by atoms with Crippen LogP contribution in [0.4, 0.5) is 26.3 Å². The summed E-state index contributed by atoms with van der Waals surface area (Å²) < 4.78 is 75.0. The molecule has 0 aromatic carbocycles. The van der Waals surface area contributed by atoms with Crippen molar-refractivity contribution in [3.63, 3.8) is 0 Å². The van der Waals surface area contributed by atoms with Gasteiger partial charge in [-0.1, -0.05) is 0 Å². The van der Waals surface area contributed by atoms with Gasteiger partial charge in [0.1, 0.15) is 6.17 Å². The minimum atomic E-state index is -3.23. The third-order valence-electron chi connectivity index (χ3n) is 1.93. The van der Waals surface area contributed by atoms with Crippen LogP contribution in [0.15, 0.2) is 0 Å². The van der Waals surface area contributed by atoms with E-state index in [0.717, 1.165) is 0 Å². The van der Waals surface area contributed by atoms with Crippen molar-refractivity contribution in [3.05, 3.63) is 0 Å². The molecule has 0 amide bonds. The van der Waals surface area contributed by atoms with Gasteiger partial charge in [0.25, 0.3) is 0 Å². The fraction of sp³-hybridized carbons (Fsp3) is 1.00. The van der Waals surface area contributed by atoms with Gasteiger partial charge < -0.3 is 10.2 Å². The monoisotopic (exact) mass is 254 g/mol. The van der Waals surface area contributed by atoms with Gasteiger partial charge in [0.05, 0.1) is 6.67 Å². The first-order valence-electron chi connectivity index (χ1n) is 4.45. The summed E-state index contributed by atoms with van der Waals surface area (Å²) in [7, 11) is 0. The predicted octanol–water partition coefficient (Wildman–Crippen LogP) is 1.35. The summed E-state index contributed by atoms with van der Waals surface area (Å²) in [4.78, 5) is 0. The summed E-state index contributed by atoms with van der Waals surface area (Å²) in [6, 6.07) is 0. The molecule has 2 nitrogen and oxygen atoms in total. The van der Waals surface area contributed by atoms with E-state index in [9.17, 15) is 26.3 Å². The van der Waals surface area contributed by atoms with Gasteiger partial charge in [-0.2, -0.15) is 0 Å². The van der Waals surface area contributed by atoms with E-state index >= 15 is 0 Å². The molecule has 0 aromatic rings. The Morgan fingerprint density at radius 1 is 0.750 bits per heavy atom. The van der Waals surface area contributed by atoms with Crippen molar-refractivity contribution in [2.24, 2.45) is 0 Å². The first-order chi connectivity index (χ1) is 7.32. The van der Waals surface area contributed by atoms with Crippen molar-refractivity contribution in [1.82, 2.24) is 0 Å².